The smallest absolute Gasteiger partial charge is 0.167 e. The van der Waals surface area contributed by atoms with Crippen molar-refractivity contribution in [2.75, 3.05) is 19.7 Å². The van der Waals surface area contributed by atoms with E-state index in [4.69, 9.17) is 10.1 Å². The molecule has 1 atom stereocenters. The minimum atomic E-state index is -0.428. The number of likely N-dealkylation sites (tertiary alicyclic amines) is 1. The lowest BCUT2D eigenvalue weighted by Crippen LogP contribution is -2.27. The Hall–Kier alpha value is -2.87. The molecule has 1 aromatic heterocycles. The second-order valence-corrected chi connectivity index (χ2v) is 8.03. The van der Waals surface area contributed by atoms with Gasteiger partial charge in [0.25, 0.3) is 0 Å². The van der Waals surface area contributed by atoms with Crippen LogP contribution in [-0.4, -0.2) is 51.3 Å². The number of benzene rings is 1. The van der Waals surface area contributed by atoms with Crippen LogP contribution in [-0.2, 0) is 0 Å². The van der Waals surface area contributed by atoms with Crippen LogP contribution in [0.1, 0.15) is 31.9 Å². The molecule has 0 spiro atoms. The zero-order valence-corrected chi connectivity index (χ0v) is 16.5. The zero-order chi connectivity index (χ0) is 20.6. The summed E-state index contributed by atoms with van der Waals surface area (Å²) in [6.45, 7) is 7.19. The summed E-state index contributed by atoms with van der Waals surface area (Å²) in [6, 6.07) is 3.04. The monoisotopic (exact) mass is 399 g/mol. The van der Waals surface area contributed by atoms with Crippen LogP contribution in [0.2, 0.25) is 0 Å². The van der Waals surface area contributed by atoms with Gasteiger partial charge in [-0.1, -0.05) is 6.58 Å². The number of aliphatic hydroxyl groups is 1. The summed E-state index contributed by atoms with van der Waals surface area (Å²) in [6.07, 6.45) is 5.89. The van der Waals surface area contributed by atoms with Crippen LogP contribution in [0, 0.1) is 17.1 Å². The molecule has 1 aliphatic carbocycles. The Bertz CT molecular complexity index is 979. The number of ether oxygens (including phenoxy) is 1. The maximum absolute atomic E-state index is 14.4. The van der Waals surface area contributed by atoms with Crippen LogP contribution in [0.15, 0.2) is 31.0 Å². The average Bonchev–Trinajstić information content (AvgIpc) is 3.10. The first-order valence-corrected chi connectivity index (χ1v) is 9.83. The van der Waals surface area contributed by atoms with Gasteiger partial charge in [0, 0.05) is 43.1 Å². The van der Waals surface area contributed by atoms with Crippen molar-refractivity contribution < 1.29 is 14.2 Å². The van der Waals surface area contributed by atoms with Crippen molar-refractivity contribution in [3.05, 3.63) is 42.5 Å². The van der Waals surface area contributed by atoms with Crippen molar-refractivity contribution in [3.8, 4) is 5.75 Å². The Morgan fingerprint density at radius 2 is 2.34 bits per heavy atom. The van der Waals surface area contributed by atoms with Crippen LogP contribution in [0.5, 0.6) is 5.75 Å². The minimum absolute atomic E-state index is 0.128. The third kappa shape index (κ3) is 3.98. The van der Waals surface area contributed by atoms with E-state index in [9.17, 15) is 9.50 Å². The van der Waals surface area contributed by atoms with E-state index in [1.165, 1.54) is 12.3 Å². The van der Waals surface area contributed by atoms with Gasteiger partial charge >= 0.3 is 0 Å². The maximum Gasteiger partial charge on any atom is 0.167 e. The number of hydrogen-bond donors (Lipinski definition) is 4. The zero-order valence-electron chi connectivity index (χ0n) is 16.5. The molecule has 0 amide bonds. The molecule has 29 heavy (non-hydrogen) atoms. The molecule has 8 heteroatoms. The van der Waals surface area contributed by atoms with E-state index in [1.807, 2.05) is 11.8 Å². The summed E-state index contributed by atoms with van der Waals surface area (Å²) in [5.74, 6) is 0.296. The van der Waals surface area contributed by atoms with E-state index in [2.05, 4.69) is 22.1 Å². The van der Waals surface area contributed by atoms with Gasteiger partial charge in [0.15, 0.2) is 11.6 Å². The molecule has 1 aliphatic heterocycles. The molecular formula is C21H26FN5O2. The van der Waals surface area contributed by atoms with Gasteiger partial charge in [-0.2, -0.15) is 5.10 Å². The summed E-state index contributed by atoms with van der Waals surface area (Å²) < 4.78 is 20.3. The van der Waals surface area contributed by atoms with Gasteiger partial charge < -0.3 is 20.1 Å². The van der Waals surface area contributed by atoms with Gasteiger partial charge in [0.1, 0.15) is 17.1 Å². The normalized spacial score (nSPS) is 20.7. The number of hydrogen-bond acceptors (Lipinski definition) is 5. The van der Waals surface area contributed by atoms with Crippen molar-refractivity contribution in [3.63, 3.8) is 0 Å². The van der Waals surface area contributed by atoms with E-state index in [0.717, 1.165) is 25.8 Å². The van der Waals surface area contributed by atoms with Crippen molar-refractivity contribution in [2.24, 2.45) is 5.92 Å². The van der Waals surface area contributed by atoms with Gasteiger partial charge in [-0.15, -0.1) is 0 Å². The van der Waals surface area contributed by atoms with Crippen LogP contribution >= 0.6 is 0 Å². The molecule has 0 bridgehead atoms. The number of nitrogens with one attached hydrogen (secondary N) is 3. The van der Waals surface area contributed by atoms with E-state index in [1.54, 1.807) is 12.1 Å². The third-order valence-electron chi connectivity index (χ3n) is 5.60. The first-order valence-electron chi connectivity index (χ1n) is 9.83. The lowest BCUT2D eigenvalue weighted by molar-refractivity contribution is 0.191. The Morgan fingerprint density at radius 1 is 1.55 bits per heavy atom. The molecule has 154 valence electrons. The molecular weight excluding hydrogens is 373 g/mol. The molecule has 2 aliphatic rings. The molecule has 1 aromatic carbocycles. The molecule has 2 heterocycles. The summed E-state index contributed by atoms with van der Waals surface area (Å²) in [7, 11) is 0. The highest BCUT2D eigenvalue weighted by molar-refractivity contribution is 6.00. The molecule has 1 saturated carbocycles. The number of amidine groups is 1. The van der Waals surface area contributed by atoms with E-state index >= 15 is 0 Å². The predicted octanol–water partition coefficient (Wildman–Crippen LogP) is 3.00. The van der Waals surface area contributed by atoms with Crippen molar-refractivity contribution in [1.82, 2.24) is 20.4 Å². The predicted molar refractivity (Wildman–Crippen MR) is 110 cm³/mol. The topological polar surface area (TPSA) is 97.3 Å². The van der Waals surface area contributed by atoms with Crippen LogP contribution in [0.25, 0.3) is 16.6 Å². The molecule has 0 unspecified atom stereocenters. The second kappa shape index (κ2) is 7.51. The molecule has 7 nitrogen and oxygen atoms in total. The number of rotatable bonds is 7. The maximum atomic E-state index is 14.4. The quantitative estimate of drug-likeness (QED) is 0.424. The van der Waals surface area contributed by atoms with Crippen LogP contribution in [0.4, 0.5) is 4.39 Å². The average molecular weight is 399 g/mol. The molecule has 0 radical (unpaired) electrons. The highest BCUT2D eigenvalue weighted by Gasteiger charge is 2.40. The van der Waals surface area contributed by atoms with Gasteiger partial charge in [-0.3, -0.25) is 10.5 Å². The number of H-pyrrole nitrogens is 1. The highest BCUT2D eigenvalue weighted by Crippen LogP contribution is 2.41. The Kier molecular flexibility index (Phi) is 5.04. The van der Waals surface area contributed by atoms with Gasteiger partial charge in [-0.25, -0.2) is 4.39 Å². The van der Waals surface area contributed by atoms with E-state index in [0.29, 0.717) is 34.7 Å². The summed E-state index contributed by atoms with van der Waals surface area (Å²) in [4.78, 5) is 1.92. The molecule has 4 N–H and O–H groups in total. The Labute approximate surface area is 168 Å². The van der Waals surface area contributed by atoms with Gasteiger partial charge in [-0.05, 0) is 38.5 Å². The van der Waals surface area contributed by atoms with Crippen molar-refractivity contribution >= 4 is 22.4 Å². The van der Waals surface area contributed by atoms with Crippen LogP contribution in [0.3, 0.4) is 0 Å². The fraction of sp³-hybridized carbons (Fsp3) is 0.429. The van der Waals surface area contributed by atoms with E-state index < -0.39 is 5.82 Å². The number of fused-ring (bicyclic) bond motifs is 1. The third-order valence-corrected chi connectivity index (χ3v) is 5.60. The Balaban J connectivity index is 1.67. The van der Waals surface area contributed by atoms with Crippen LogP contribution < -0.4 is 10.1 Å². The largest absolute Gasteiger partial charge is 0.484 e. The van der Waals surface area contributed by atoms with Gasteiger partial charge in [0.05, 0.1) is 11.2 Å². The molecule has 4 rings (SSSR count). The van der Waals surface area contributed by atoms with Gasteiger partial charge in [0.2, 0.25) is 0 Å². The summed E-state index contributed by atoms with van der Waals surface area (Å²) >= 11 is 0. The van der Waals surface area contributed by atoms with Crippen molar-refractivity contribution in [2.45, 2.75) is 31.8 Å². The Morgan fingerprint density at radius 3 is 3.00 bits per heavy atom. The van der Waals surface area contributed by atoms with E-state index in [-0.39, 0.29) is 23.9 Å². The standard InChI is InChI=1S/C21H26FN5O2/c1-3-24-17(10-19(23)27-7-4-13(11-27)12-28)20-14-8-18(29-21(2)5-6-21)15(22)9-16(14)25-26-20/h3,8-10,13,23-24,28H,1,4-7,11-12H2,2H3,(H,25,26)/t13-/m1/s1. The highest BCUT2D eigenvalue weighted by atomic mass is 19.1. The first-order chi connectivity index (χ1) is 13.9. The lowest BCUT2D eigenvalue weighted by Gasteiger charge is -2.18. The molecule has 2 fully saturated rings. The fourth-order valence-corrected chi connectivity index (χ4v) is 3.56. The number of aromatic amines is 1. The first kappa shape index (κ1) is 19.4. The summed E-state index contributed by atoms with van der Waals surface area (Å²) in [5.41, 5.74) is 1.40. The number of halogens is 1. The summed E-state index contributed by atoms with van der Waals surface area (Å²) in [5, 5.41) is 28.7. The second-order valence-electron chi connectivity index (χ2n) is 8.03. The number of nitrogens with zero attached hydrogens (tertiary/aromatic N) is 2. The molecule has 1 saturated heterocycles. The fourth-order valence-electron chi connectivity index (χ4n) is 3.56. The molecule has 2 aromatic rings. The SMILES string of the molecule is C=CNC(=CC(=N)N1CC[C@@H](CO)C1)c1n[nH]c2cc(F)c(OC3(C)CC3)cc12. The number of aromatic nitrogens is 2. The lowest BCUT2D eigenvalue weighted by atomic mass is 10.1. The van der Waals surface area contributed by atoms with Crippen molar-refractivity contribution in [1.29, 1.82) is 5.41 Å². The minimum Gasteiger partial charge on any atom is -0.484 e. The number of aliphatic hydroxyl groups excluding tert-OH is 1.